The number of rotatable bonds is 5. The normalized spacial score (nSPS) is 10.5. The van der Waals surface area contributed by atoms with Crippen molar-refractivity contribution in [3.8, 4) is 17.0 Å². The first-order valence-electron chi connectivity index (χ1n) is 7.73. The topological polar surface area (TPSA) is 64.4 Å². The van der Waals surface area contributed by atoms with Crippen molar-refractivity contribution in [1.82, 2.24) is 5.16 Å². The molecule has 0 saturated heterocycles. The molecule has 0 bridgehead atoms. The largest absolute Gasteiger partial charge is 0.484 e. The molecule has 1 aromatic heterocycles. The van der Waals surface area contributed by atoms with Crippen LogP contribution < -0.4 is 10.1 Å². The summed E-state index contributed by atoms with van der Waals surface area (Å²) < 4.78 is 11.7. The Balaban J connectivity index is 1.59. The van der Waals surface area contributed by atoms with Gasteiger partial charge in [-0.3, -0.25) is 10.1 Å². The maximum absolute atomic E-state index is 12.0. The van der Waals surface area contributed by atoms with E-state index in [1.807, 2.05) is 56.3 Å². The van der Waals surface area contributed by atoms with Gasteiger partial charge in [0.1, 0.15) is 11.4 Å². The molecule has 1 heterocycles. The number of benzene rings is 2. The molecule has 0 saturated carbocycles. The average molecular weight is 401 g/mol. The van der Waals surface area contributed by atoms with Crippen LogP contribution in [0.15, 0.2) is 57.5 Å². The van der Waals surface area contributed by atoms with E-state index in [-0.39, 0.29) is 18.4 Å². The summed E-state index contributed by atoms with van der Waals surface area (Å²) in [6, 6.07) is 15.2. The second kappa shape index (κ2) is 7.53. The van der Waals surface area contributed by atoms with E-state index in [0.29, 0.717) is 11.4 Å². The van der Waals surface area contributed by atoms with Crippen LogP contribution in [-0.2, 0) is 4.79 Å². The number of halogens is 1. The fraction of sp³-hybridized carbons (Fsp3) is 0.158. The molecule has 3 rings (SSSR count). The summed E-state index contributed by atoms with van der Waals surface area (Å²) in [6.45, 7) is 3.87. The highest BCUT2D eigenvalue weighted by atomic mass is 79.9. The van der Waals surface area contributed by atoms with E-state index in [1.54, 1.807) is 6.07 Å². The third-order valence-corrected chi connectivity index (χ3v) is 4.01. The molecule has 6 heteroatoms. The maximum atomic E-state index is 12.0. The molecule has 0 aliphatic carbocycles. The van der Waals surface area contributed by atoms with Gasteiger partial charge in [-0.25, -0.2) is 0 Å². The van der Waals surface area contributed by atoms with Crippen LogP contribution in [0, 0.1) is 13.8 Å². The summed E-state index contributed by atoms with van der Waals surface area (Å²) in [5.74, 6) is 0.644. The van der Waals surface area contributed by atoms with Crippen molar-refractivity contribution < 1.29 is 14.1 Å². The number of nitrogens with one attached hydrogen (secondary N) is 1. The second-order valence-corrected chi connectivity index (χ2v) is 6.66. The van der Waals surface area contributed by atoms with E-state index >= 15 is 0 Å². The van der Waals surface area contributed by atoms with Gasteiger partial charge >= 0.3 is 0 Å². The van der Waals surface area contributed by atoms with Crippen LogP contribution in [-0.4, -0.2) is 17.7 Å². The molecule has 0 aliphatic heterocycles. The van der Waals surface area contributed by atoms with E-state index in [0.717, 1.165) is 21.2 Å². The molecule has 0 atom stereocenters. The first-order chi connectivity index (χ1) is 12.0. The molecule has 0 fully saturated rings. The Labute approximate surface area is 154 Å². The lowest BCUT2D eigenvalue weighted by molar-refractivity contribution is -0.118. The van der Waals surface area contributed by atoms with Crippen molar-refractivity contribution in [3.05, 3.63) is 64.1 Å². The first-order valence-corrected chi connectivity index (χ1v) is 8.52. The van der Waals surface area contributed by atoms with Crippen LogP contribution in [0.25, 0.3) is 11.3 Å². The lowest BCUT2D eigenvalue weighted by Gasteiger charge is -2.07. The van der Waals surface area contributed by atoms with E-state index < -0.39 is 0 Å². The summed E-state index contributed by atoms with van der Waals surface area (Å²) in [5, 5.41) is 6.61. The predicted octanol–water partition coefficient (Wildman–Crippen LogP) is 4.74. The van der Waals surface area contributed by atoms with Crippen molar-refractivity contribution in [3.63, 3.8) is 0 Å². The van der Waals surface area contributed by atoms with Crippen molar-refractivity contribution in [2.24, 2.45) is 0 Å². The Hall–Kier alpha value is -2.60. The molecule has 0 aliphatic rings. The lowest BCUT2D eigenvalue weighted by atomic mass is 10.1. The number of anilines is 1. The Kier molecular flexibility index (Phi) is 5.19. The van der Waals surface area contributed by atoms with Gasteiger partial charge in [0.15, 0.2) is 6.61 Å². The minimum atomic E-state index is -0.308. The van der Waals surface area contributed by atoms with Gasteiger partial charge in [0.25, 0.3) is 5.91 Å². The molecular weight excluding hydrogens is 384 g/mol. The van der Waals surface area contributed by atoms with Gasteiger partial charge in [-0.2, -0.15) is 0 Å². The number of hydrogen-bond acceptors (Lipinski definition) is 4. The van der Waals surface area contributed by atoms with E-state index in [4.69, 9.17) is 9.26 Å². The zero-order valence-corrected chi connectivity index (χ0v) is 15.5. The summed E-state index contributed by atoms with van der Waals surface area (Å²) in [6.07, 6.45) is 0. The van der Waals surface area contributed by atoms with E-state index in [1.165, 1.54) is 0 Å². The van der Waals surface area contributed by atoms with Crippen LogP contribution in [0.5, 0.6) is 5.75 Å². The molecule has 1 N–H and O–H groups in total. The lowest BCUT2D eigenvalue weighted by Crippen LogP contribution is -2.19. The van der Waals surface area contributed by atoms with Gasteiger partial charge in [-0.1, -0.05) is 39.3 Å². The Morgan fingerprint density at radius 2 is 1.80 bits per heavy atom. The highest BCUT2D eigenvalue weighted by Gasteiger charge is 2.10. The summed E-state index contributed by atoms with van der Waals surface area (Å²) in [7, 11) is 0. The van der Waals surface area contributed by atoms with E-state index in [9.17, 15) is 4.79 Å². The molecule has 2 aromatic carbocycles. The van der Waals surface area contributed by atoms with Crippen LogP contribution in [0.1, 0.15) is 11.1 Å². The molecule has 0 spiro atoms. The van der Waals surface area contributed by atoms with Gasteiger partial charge in [0.05, 0.1) is 0 Å². The molecule has 1 amide bonds. The summed E-state index contributed by atoms with van der Waals surface area (Å²) in [4.78, 5) is 12.0. The van der Waals surface area contributed by atoms with Gasteiger partial charge < -0.3 is 9.26 Å². The number of carbonyl (C=O) groups is 1. The molecule has 3 aromatic rings. The van der Waals surface area contributed by atoms with E-state index in [2.05, 4.69) is 26.4 Å². The maximum Gasteiger partial charge on any atom is 0.264 e. The minimum absolute atomic E-state index is 0.1000. The van der Waals surface area contributed by atoms with Crippen molar-refractivity contribution >= 4 is 27.7 Å². The Morgan fingerprint density at radius 3 is 2.48 bits per heavy atom. The zero-order valence-electron chi connectivity index (χ0n) is 13.9. The van der Waals surface area contributed by atoms with Crippen LogP contribution in [0.2, 0.25) is 0 Å². The SMILES string of the molecule is Cc1cc(C)cc(OCC(=O)Nc2cc(-c3ccc(Br)cc3)no2)c1. The predicted molar refractivity (Wildman–Crippen MR) is 99.7 cm³/mol. The third kappa shape index (κ3) is 4.70. The standard InChI is InChI=1S/C19H17BrN2O3/c1-12-7-13(2)9-16(8-12)24-11-18(23)21-19-10-17(22-25-19)14-3-5-15(20)6-4-14/h3-10H,11H2,1-2H3,(H,21,23). The Bertz CT molecular complexity index is 868. The number of aryl methyl sites for hydroxylation is 2. The third-order valence-electron chi connectivity index (χ3n) is 3.48. The number of hydrogen-bond donors (Lipinski definition) is 1. The summed E-state index contributed by atoms with van der Waals surface area (Å²) >= 11 is 3.39. The Morgan fingerprint density at radius 1 is 1.12 bits per heavy atom. The van der Waals surface area contributed by atoms with Gasteiger partial charge in [-0.05, 0) is 49.2 Å². The van der Waals surface area contributed by atoms with Crippen molar-refractivity contribution in [2.45, 2.75) is 13.8 Å². The molecule has 25 heavy (non-hydrogen) atoms. The van der Waals surface area contributed by atoms with Gasteiger partial charge in [0, 0.05) is 16.1 Å². The monoisotopic (exact) mass is 400 g/mol. The first kappa shape index (κ1) is 17.2. The zero-order chi connectivity index (χ0) is 17.8. The number of amides is 1. The summed E-state index contributed by atoms with van der Waals surface area (Å²) in [5.41, 5.74) is 3.73. The minimum Gasteiger partial charge on any atom is -0.484 e. The molecule has 0 radical (unpaired) electrons. The van der Waals surface area contributed by atoms with Crippen molar-refractivity contribution in [1.29, 1.82) is 0 Å². The quantitative estimate of drug-likeness (QED) is 0.671. The van der Waals surface area contributed by atoms with Crippen LogP contribution >= 0.6 is 15.9 Å². The number of carbonyl (C=O) groups excluding carboxylic acids is 1. The fourth-order valence-corrected chi connectivity index (χ4v) is 2.69. The molecule has 0 unspecified atom stereocenters. The highest BCUT2D eigenvalue weighted by Crippen LogP contribution is 2.23. The molecular formula is C19H17BrN2O3. The average Bonchev–Trinajstić information content (AvgIpc) is 3.01. The second-order valence-electron chi connectivity index (χ2n) is 5.74. The molecule has 5 nitrogen and oxygen atoms in total. The fourth-order valence-electron chi connectivity index (χ4n) is 2.43. The number of aromatic nitrogens is 1. The van der Waals surface area contributed by atoms with Crippen LogP contribution in [0.3, 0.4) is 0 Å². The number of ether oxygens (including phenoxy) is 1. The smallest absolute Gasteiger partial charge is 0.264 e. The molecule has 128 valence electrons. The number of nitrogens with zero attached hydrogens (tertiary/aromatic N) is 1. The van der Waals surface area contributed by atoms with Crippen LogP contribution in [0.4, 0.5) is 5.88 Å². The van der Waals surface area contributed by atoms with Crippen molar-refractivity contribution in [2.75, 3.05) is 11.9 Å². The highest BCUT2D eigenvalue weighted by molar-refractivity contribution is 9.10. The van der Waals surface area contributed by atoms with Gasteiger partial charge in [-0.15, -0.1) is 0 Å². The van der Waals surface area contributed by atoms with Gasteiger partial charge in [0.2, 0.25) is 5.88 Å².